The van der Waals surface area contributed by atoms with Gasteiger partial charge in [-0.2, -0.15) is 0 Å². The van der Waals surface area contributed by atoms with Crippen LogP contribution in [0.15, 0.2) is 12.2 Å². The van der Waals surface area contributed by atoms with Crippen LogP contribution in [0.4, 0.5) is 0 Å². The Labute approximate surface area is 150 Å². The second-order valence-corrected chi connectivity index (χ2v) is 5.91. The maximum atomic E-state index is 10.3. The van der Waals surface area contributed by atoms with Gasteiger partial charge >= 0.3 is 24.8 Å². The van der Waals surface area contributed by atoms with Crippen molar-refractivity contribution in [1.29, 1.82) is 0 Å². The Morgan fingerprint density at radius 1 is 1.00 bits per heavy atom. The van der Waals surface area contributed by atoms with E-state index in [0.29, 0.717) is 6.42 Å². The third-order valence-corrected chi connectivity index (χ3v) is 3.73. The second-order valence-electron chi connectivity index (χ2n) is 5.91. The third kappa shape index (κ3) is 19.8. The number of carbonyl (C=O) groups is 1. The van der Waals surface area contributed by atoms with Gasteiger partial charge in [-0.1, -0.05) is 64.0 Å². The number of rotatable bonds is 15. The molecule has 0 aromatic carbocycles. The fraction of sp³-hybridized carbons (Fsp3) is 0.833. The fourth-order valence-electron chi connectivity index (χ4n) is 2.36. The summed E-state index contributed by atoms with van der Waals surface area (Å²) < 4.78 is 0. The molecule has 0 rings (SSSR count). The minimum absolute atomic E-state index is 0. The van der Waals surface area contributed by atoms with E-state index < -0.39 is 5.97 Å². The van der Waals surface area contributed by atoms with Crippen molar-refractivity contribution in [3.63, 3.8) is 0 Å². The van der Waals surface area contributed by atoms with E-state index in [1.807, 2.05) is 0 Å². The van der Waals surface area contributed by atoms with Crippen molar-refractivity contribution in [3.8, 4) is 0 Å². The summed E-state index contributed by atoms with van der Waals surface area (Å²) in [4.78, 5) is 10.3. The molecule has 0 bridgehead atoms. The largest absolute Gasteiger partial charge is 1.00 e. The van der Waals surface area contributed by atoms with E-state index in [2.05, 4.69) is 19.1 Å². The zero-order valence-electron chi connectivity index (χ0n) is 15.7. The van der Waals surface area contributed by atoms with Crippen LogP contribution in [0, 0.1) is 0 Å². The van der Waals surface area contributed by atoms with Gasteiger partial charge in [0, 0.05) is 6.42 Å². The van der Waals surface area contributed by atoms with Gasteiger partial charge in [-0.3, -0.25) is 4.79 Å². The van der Waals surface area contributed by atoms with Gasteiger partial charge in [-0.15, -0.1) is 0 Å². The maximum Gasteiger partial charge on any atom is 1.00 e. The van der Waals surface area contributed by atoms with Gasteiger partial charge in [0.25, 0.3) is 0 Å². The molecule has 1 atom stereocenters. The minimum atomic E-state index is -0.689. The number of hydrogen-bond acceptors (Lipinski definition) is 2. The van der Waals surface area contributed by atoms with E-state index in [1.54, 1.807) is 0 Å². The van der Waals surface area contributed by atoms with Gasteiger partial charge in [-0.05, 0) is 32.1 Å². The summed E-state index contributed by atoms with van der Waals surface area (Å²) in [5.74, 6) is -0.689. The van der Waals surface area contributed by atoms with Gasteiger partial charge in [0.15, 0.2) is 0 Å². The monoisotopic (exact) mass is 306 g/mol. The molecule has 0 aromatic heterocycles. The first-order chi connectivity index (χ1) is 10.2. The second kappa shape index (κ2) is 18.8. The SMILES string of the molecule is CCCCCC[C@@H](O)C/C=C\CCCCCCCC(=O)O.[H-].[Li+]. The summed E-state index contributed by atoms with van der Waals surface area (Å²) in [6.45, 7) is 2.20. The fourth-order valence-corrected chi connectivity index (χ4v) is 2.36. The first-order valence-electron chi connectivity index (χ1n) is 8.71. The number of hydrogen-bond donors (Lipinski definition) is 2. The van der Waals surface area contributed by atoms with Gasteiger partial charge in [0.1, 0.15) is 0 Å². The first kappa shape index (κ1) is 24.0. The van der Waals surface area contributed by atoms with Crippen molar-refractivity contribution in [3.05, 3.63) is 12.2 Å². The molecule has 0 amide bonds. The van der Waals surface area contributed by atoms with Crippen molar-refractivity contribution in [2.75, 3.05) is 0 Å². The molecule has 3 nitrogen and oxygen atoms in total. The smallest absolute Gasteiger partial charge is 1.00 e. The Kier molecular flexibility index (Phi) is 20.5. The minimum Gasteiger partial charge on any atom is -1.00 e. The molecule has 0 aliphatic carbocycles. The van der Waals surface area contributed by atoms with Gasteiger partial charge < -0.3 is 11.6 Å². The zero-order valence-corrected chi connectivity index (χ0v) is 14.7. The summed E-state index contributed by atoms with van der Waals surface area (Å²) in [7, 11) is 0. The average Bonchev–Trinajstić information content (AvgIpc) is 2.45. The molecule has 0 aromatic rings. The molecule has 4 heteroatoms. The molecule has 126 valence electrons. The van der Waals surface area contributed by atoms with Gasteiger partial charge in [0.05, 0.1) is 6.10 Å². The van der Waals surface area contributed by atoms with E-state index in [9.17, 15) is 9.90 Å². The number of carboxylic acid groups (broad SMARTS) is 1. The van der Waals surface area contributed by atoms with Crippen LogP contribution in [0.5, 0.6) is 0 Å². The number of aliphatic hydroxyl groups is 1. The Balaban J connectivity index is -0.00000200. The van der Waals surface area contributed by atoms with Crippen molar-refractivity contribution in [2.24, 2.45) is 0 Å². The maximum absolute atomic E-state index is 10.3. The summed E-state index contributed by atoms with van der Waals surface area (Å²) in [5.41, 5.74) is 0. The van der Waals surface area contributed by atoms with Crippen LogP contribution in [0.2, 0.25) is 0 Å². The van der Waals surface area contributed by atoms with Crippen molar-refractivity contribution < 1.29 is 35.3 Å². The first-order valence-corrected chi connectivity index (χ1v) is 8.71. The van der Waals surface area contributed by atoms with Crippen LogP contribution >= 0.6 is 0 Å². The predicted octanol–water partition coefficient (Wildman–Crippen LogP) is 2.20. The molecule has 0 spiro atoms. The molecule has 22 heavy (non-hydrogen) atoms. The number of allylic oxidation sites excluding steroid dienone is 1. The Hall–Kier alpha value is -0.233. The number of carboxylic acids is 1. The van der Waals surface area contributed by atoms with Crippen LogP contribution in [0.3, 0.4) is 0 Å². The van der Waals surface area contributed by atoms with Gasteiger partial charge in [0.2, 0.25) is 0 Å². The van der Waals surface area contributed by atoms with Crippen molar-refractivity contribution in [2.45, 2.75) is 96.5 Å². The van der Waals surface area contributed by atoms with Crippen LogP contribution in [-0.2, 0) is 4.79 Å². The molecular weight excluding hydrogens is 271 g/mol. The molecule has 0 fully saturated rings. The molecular formula is C18H35LiO3. The van der Waals surface area contributed by atoms with E-state index in [-0.39, 0.29) is 26.4 Å². The van der Waals surface area contributed by atoms with Gasteiger partial charge in [-0.25, -0.2) is 0 Å². The van der Waals surface area contributed by atoms with Crippen LogP contribution in [-0.4, -0.2) is 22.3 Å². The molecule has 0 radical (unpaired) electrons. The zero-order chi connectivity index (χ0) is 15.8. The third-order valence-electron chi connectivity index (χ3n) is 3.73. The Morgan fingerprint density at radius 2 is 1.64 bits per heavy atom. The number of aliphatic carboxylic acids is 1. The molecule has 0 aliphatic heterocycles. The summed E-state index contributed by atoms with van der Waals surface area (Å²) in [6.07, 6.45) is 17.4. The molecule has 0 saturated carbocycles. The summed E-state index contributed by atoms with van der Waals surface area (Å²) in [5, 5.41) is 18.3. The number of unbranched alkanes of at least 4 members (excludes halogenated alkanes) is 8. The Morgan fingerprint density at radius 3 is 2.32 bits per heavy atom. The van der Waals surface area contributed by atoms with E-state index in [1.165, 1.54) is 25.7 Å². The van der Waals surface area contributed by atoms with E-state index in [0.717, 1.165) is 51.4 Å². The predicted molar refractivity (Wildman–Crippen MR) is 89.6 cm³/mol. The van der Waals surface area contributed by atoms with Crippen LogP contribution in [0.25, 0.3) is 0 Å². The topological polar surface area (TPSA) is 57.5 Å². The van der Waals surface area contributed by atoms with E-state index >= 15 is 0 Å². The van der Waals surface area contributed by atoms with Crippen LogP contribution in [0.1, 0.15) is 91.8 Å². The quantitative estimate of drug-likeness (QED) is 0.277. The molecule has 0 heterocycles. The van der Waals surface area contributed by atoms with E-state index in [4.69, 9.17) is 5.11 Å². The van der Waals surface area contributed by atoms with Crippen molar-refractivity contribution in [1.82, 2.24) is 0 Å². The molecule has 0 aliphatic rings. The number of aliphatic hydroxyl groups excluding tert-OH is 1. The summed E-state index contributed by atoms with van der Waals surface area (Å²) in [6, 6.07) is 0. The van der Waals surface area contributed by atoms with Crippen LogP contribution < -0.4 is 18.9 Å². The molecule has 0 unspecified atom stereocenters. The standard InChI is InChI=1S/C18H34O3.Li.H/c1-2-3-4-11-14-17(19)15-12-9-7-5-6-8-10-13-16-18(20)21;;/h9,12,17,19H,2-8,10-11,13-16H2,1H3,(H,20,21);;/q;+1;-1/b12-9-;;/t17-;;/m1../s1. The molecule has 2 N–H and O–H groups in total. The summed E-state index contributed by atoms with van der Waals surface area (Å²) >= 11 is 0. The average molecular weight is 306 g/mol. The van der Waals surface area contributed by atoms with Crippen molar-refractivity contribution >= 4 is 5.97 Å². The molecule has 0 saturated heterocycles. The normalized spacial score (nSPS) is 12.3. The Bertz CT molecular complexity index is 273.